The van der Waals surface area contributed by atoms with Gasteiger partial charge in [0.25, 0.3) is 5.91 Å². The summed E-state index contributed by atoms with van der Waals surface area (Å²) in [5.74, 6) is 0.184. The van der Waals surface area contributed by atoms with Crippen LogP contribution in [0.4, 0.5) is 5.69 Å². The maximum absolute atomic E-state index is 13.7. The summed E-state index contributed by atoms with van der Waals surface area (Å²) in [4.78, 5) is 13.7. The molecule has 1 amide bonds. The minimum absolute atomic E-state index is 0.247. The molecule has 1 heterocycles. The zero-order chi connectivity index (χ0) is 29.0. The van der Waals surface area contributed by atoms with Gasteiger partial charge < -0.3 is 29.0 Å². The van der Waals surface area contributed by atoms with E-state index in [1.807, 2.05) is 103 Å². The molecule has 1 aliphatic rings. The predicted octanol–water partition coefficient (Wildman–Crippen LogP) is 6.30. The lowest BCUT2D eigenvalue weighted by atomic mass is 9.97. The first-order valence-corrected chi connectivity index (χ1v) is 13.9. The molecule has 0 fully saturated rings. The highest BCUT2D eigenvalue weighted by Gasteiger charge is 2.41. The molecular formula is C35H35NO6. The smallest absolute Gasteiger partial charge is 0.257 e. The normalized spacial score (nSPS) is 18.0. The van der Waals surface area contributed by atoms with Gasteiger partial charge in [-0.2, -0.15) is 0 Å². The van der Waals surface area contributed by atoms with Gasteiger partial charge in [-0.1, -0.05) is 103 Å². The summed E-state index contributed by atoms with van der Waals surface area (Å²) in [7, 11) is 1.56. The van der Waals surface area contributed by atoms with Crippen molar-refractivity contribution in [3.05, 3.63) is 144 Å². The quantitative estimate of drug-likeness (QED) is 0.205. The van der Waals surface area contributed by atoms with Crippen molar-refractivity contribution in [3.63, 3.8) is 0 Å². The van der Waals surface area contributed by atoms with Crippen LogP contribution in [0.15, 0.2) is 127 Å². The van der Waals surface area contributed by atoms with Gasteiger partial charge in [-0.05, 0) is 28.8 Å². The summed E-state index contributed by atoms with van der Waals surface area (Å²) in [6, 6.07) is 36.9. The number of nitrogens with one attached hydrogen (secondary N) is 1. The Morgan fingerprint density at radius 2 is 1.26 bits per heavy atom. The minimum Gasteiger partial charge on any atom is -0.495 e. The van der Waals surface area contributed by atoms with Crippen LogP contribution in [0.1, 0.15) is 16.7 Å². The third-order valence-electron chi connectivity index (χ3n) is 6.91. The van der Waals surface area contributed by atoms with E-state index in [9.17, 15) is 4.79 Å². The van der Waals surface area contributed by atoms with Crippen LogP contribution in [0.5, 0.6) is 5.75 Å². The standard InChI is InChI=1S/C35H35NO6/c1-38-31-20-12-11-19-30(31)36-35(37)29-24-40-32(25-39-21-26-13-5-2-6-14-26)34(42-23-28-17-9-4-10-18-28)33(29)41-22-27-15-7-3-8-16-27/h2-20,24,32-34H,21-23,25H2,1H3,(H,36,37)/t32-,33-,34-/m1/s1. The lowest BCUT2D eigenvalue weighted by Crippen LogP contribution is -2.50. The molecule has 3 atom stereocenters. The molecule has 4 aromatic rings. The number of amides is 1. The van der Waals surface area contributed by atoms with E-state index >= 15 is 0 Å². The first-order chi connectivity index (χ1) is 20.7. The fourth-order valence-electron chi connectivity index (χ4n) is 4.71. The third-order valence-corrected chi connectivity index (χ3v) is 6.91. The van der Waals surface area contributed by atoms with Crippen molar-refractivity contribution in [1.82, 2.24) is 0 Å². The average molecular weight is 566 g/mol. The molecule has 0 spiro atoms. The van der Waals surface area contributed by atoms with Gasteiger partial charge in [0.05, 0.1) is 51.1 Å². The maximum Gasteiger partial charge on any atom is 0.257 e. The third kappa shape index (κ3) is 7.85. The highest BCUT2D eigenvalue weighted by Crippen LogP contribution is 2.30. The zero-order valence-corrected chi connectivity index (χ0v) is 23.6. The number of carbonyl (C=O) groups is 1. The number of methoxy groups -OCH3 is 1. The summed E-state index contributed by atoms with van der Waals surface area (Å²) >= 11 is 0. The van der Waals surface area contributed by atoms with E-state index in [1.54, 1.807) is 19.2 Å². The van der Waals surface area contributed by atoms with Crippen LogP contribution in [-0.2, 0) is 43.6 Å². The van der Waals surface area contributed by atoms with Gasteiger partial charge in [0.1, 0.15) is 24.1 Å². The molecular weight excluding hydrogens is 530 g/mol. The SMILES string of the molecule is COc1ccccc1NC(=O)C1=CO[C@H](COCc2ccccc2)[C@@H](OCc2ccccc2)[C@@H]1OCc1ccccc1. The van der Waals surface area contributed by atoms with Crippen LogP contribution in [0.3, 0.4) is 0 Å². The Hall–Kier alpha value is -4.43. The van der Waals surface area contributed by atoms with E-state index in [1.165, 1.54) is 6.26 Å². The number of hydrogen-bond acceptors (Lipinski definition) is 6. The average Bonchev–Trinajstić information content (AvgIpc) is 3.04. The number of hydrogen-bond donors (Lipinski definition) is 1. The molecule has 0 bridgehead atoms. The van der Waals surface area contributed by atoms with Crippen molar-refractivity contribution < 1.29 is 28.5 Å². The van der Waals surface area contributed by atoms with Gasteiger partial charge in [0.2, 0.25) is 0 Å². The lowest BCUT2D eigenvalue weighted by Gasteiger charge is -2.37. The van der Waals surface area contributed by atoms with E-state index in [4.69, 9.17) is 23.7 Å². The summed E-state index contributed by atoms with van der Waals surface area (Å²) in [5.41, 5.74) is 3.89. The predicted molar refractivity (Wildman–Crippen MR) is 161 cm³/mol. The number of rotatable bonds is 13. The minimum atomic E-state index is -0.734. The van der Waals surface area contributed by atoms with E-state index < -0.39 is 18.3 Å². The van der Waals surface area contributed by atoms with E-state index in [2.05, 4.69) is 5.32 Å². The van der Waals surface area contributed by atoms with Crippen molar-refractivity contribution in [2.24, 2.45) is 0 Å². The molecule has 1 aliphatic heterocycles. The van der Waals surface area contributed by atoms with Crippen LogP contribution in [0.25, 0.3) is 0 Å². The molecule has 0 saturated heterocycles. The first-order valence-electron chi connectivity index (χ1n) is 13.9. The maximum atomic E-state index is 13.7. The number of benzene rings is 4. The largest absolute Gasteiger partial charge is 0.495 e. The molecule has 0 aromatic heterocycles. The molecule has 4 aromatic carbocycles. The molecule has 1 N–H and O–H groups in total. The van der Waals surface area contributed by atoms with Gasteiger partial charge in [-0.3, -0.25) is 4.79 Å². The highest BCUT2D eigenvalue weighted by molar-refractivity contribution is 6.05. The fourth-order valence-corrected chi connectivity index (χ4v) is 4.71. The van der Waals surface area contributed by atoms with Gasteiger partial charge in [-0.15, -0.1) is 0 Å². The second-order valence-corrected chi connectivity index (χ2v) is 9.88. The summed E-state index contributed by atoms with van der Waals surface area (Å²) in [6.07, 6.45) is -0.406. The Balaban J connectivity index is 1.40. The molecule has 0 unspecified atom stereocenters. The molecule has 7 nitrogen and oxygen atoms in total. The summed E-state index contributed by atoms with van der Waals surface area (Å²) in [5, 5.41) is 2.95. The topological polar surface area (TPSA) is 75.3 Å². The molecule has 0 aliphatic carbocycles. The van der Waals surface area contributed by atoms with Crippen LogP contribution >= 0.6 is 0 Å². The number of carbonyl (C=O) groups excluding carboxylic acids is 1. The van der Waals surface area contributed by atoms with Crippen LogP contribution in [0.2, 0.25) is 0 Å². The van der Waals surface area contributed by atoms with Gasteiger partial charge in [-0.25, -0.2) is 0 Å². The van der Waals surface area contributed by atoms with E-state index in [0.29, 0.717) is 30.2 Å². The molecule has 0 saturated carbocycles. The van der Waals surface area contributed by atoms with Gasteiger partial charge in [0.15, 0.2) is 0 Å². The monoisotopic (exact) mass is 565 g/mol. The highest BCUT2D eigenvalue weighted by atomic mass is 16.6. The Labute approximate surface area is 246 Å². The van der Waals surface area contributed by atoms with Crippen molar-refractivity contribution in [1.29, 1.82) is 0 Å². The van der Waals surface area contributed by atoms with E-state index in [0.717, 1.165) is 16.7 Å². The van der Waals surface area contributed by atoms with Crippen LogP contribution < -0.4 is 10.1 Å². The zero-order valence-electron chi connectivity index (χ0n) is 23.6. The first kappa shape index (κ1) is 29.1. The molecule has 7 heteroatoms. The molecule has 216 valence electrons. The Bertz CT molecular complexity index is 1430. The number of para-hydroxylation sites is 2. The van der Waals surface area contributed by atoms with Gasteiger partial charge in [0, 0.05) is 0 Å². The Morgan fingerprint density at radius 1 is 0.714 bits per heavy atom. The van der Waals surface area contributed by atoms with E-state index in [-0.39, 0.29) is 19.1 Å². The summed E-state index contributed by atoms with van der Waals surface area (Å²) < 4.78 is 30.6. The Kier molecular flexibility index (Phi) is 10.4. The Morgan fingerprint density at radius 3 is 1.88 bits per heavy atom. The van der Waals surface area contributed by atoms with Crippen molar-refractivity contribution in [3.8, 4) is 5.75 Å². The van der Waals surface area contributed by atoms with Crippen molar-refractivity contribution in [2.75, 3.05) is 19.0 Å². The van der Waals surface area contributed by atoms with Gasteiger partial charge >= 0.3 is 0 Å². The lowest BCUT2D eigenvalue weighted by molar-refractivity contribution is -0.155. The second-order valence-electron chi connectivity index (χ2n) is 9.88. The molecule has 0 radical (unpaired) electrons. The number of ether oxygens (including phenoxy) is 5. The van der Waals surface area contributed by atoms with Crippen LogP contribution in [0, 0.1) is 0 Å². The molecule has 5 rings (SSSR count). The summed E-state index contributed by atoms with van der Waals surface area (Å²) in [6.45, 7) is 1.27. The van der Waals surface area contributed by atoms with Crippen molar-refractivity contribution >= 4 is 11.6 Å². The fraction of sp³-hybridized carbons (Fsp3) is 0.229. The number of anilines is 1. The van der Waals surface area contributed by atoms with Crippen LogP contribution in [-0.4, -0.2) is 37.9 Å². The second kappa shape index (κ2) is 15.0. The van der Waals surface area contributed by atoms with Crippen molar-refractivity contribution in [2.45, 2.75) is 38.1 Å². The molecule has 42 heavy (non-hydrogen) atoms.